The van der Waals surface area contributed by atoms with Crippen molar-refractivity contribution >= 4 is 35.1 Å². The summed E-state index contributed by atoms with van der Waals surface area (Å²) in [6.07, 6.45) is 2.84. The summed E-state index contributed by atoms with van der Waals surface area (Å²) in [7, 11) is 0. The second-order valence-corrected chi connectivity index (χ2v) is 9.13. The third-order valence-electron chi connectivity index (χ3n) is 4.74. The number of rotatable bonds is 13. The summed E-state index contributed by atoms with van der Waals surface area (Å²) < 4.78 is 5.22. The van der Waals surface area contributed by atoms with E-state index in [1.165, 1.54) is 9.75 Å². The molecule has 3 aromatic rings. The molecule has 1 radical (unpaired) electrons. The van der Waals surface area contributed by atoms with Gasteiger partial charge in [0.1, 0.15) is 18.9 Å². The zero-order valence-corrected chi connectivity index (χ0v) is 19.0. The largest absolute Gasteiger partial charge is 0.445 e. The monoisotopic (exact) mass is 455 g/mol. The Bertz CT molecular complexity index is 847. The second-order valence-electron chi connectivity index (χ2n) is 7.07. The van der Waals surface area contributed by atoms with Crippen molar-refractivity contribution in [3.63, 3.8) is 0 Å². The Kier molecular flexibility index (Phi) is 9.76. The molecule has 3 rings (SSSR count). The Balaban J connectivity index is 1.39. The minimum atomic E-state index is -0.416. The molecule has 2 heterocycles. The molecule has 163 valence electrons. The van der Waals surface area contributed by atoms with Gasteiger partial charge in [0.2, 0.25) is 0 Å². The summed E-state index contributed by atoms with van der Waals surface area (Å²) in [4.78, 5) is 28.3. The van der Waals surface area contributed by atoms with Gasteiger partial charge in [-0.3, -0.25) is 4.90 Å². The van der Waals surface area contributed by atoms with Gasteiger partial charge in [0.25, 0.3) is 0 Å². The molecule has 31 heavy (non-hydrogen) atoms. The average Bonchev–Trinajstić information content (AvgIpc) is 3.50. The first-order valence-corrected chi connectivity index (χ1v) is 12.1. The first-order valence-electron chi connectivity index (χ1n) is 10.3. The van der Waals surface area contributed by atoms with Crippen LogP contribution >= 0.6 is 22.7 Å². The number of carbonyl (C=O) groups is 2. The lowest BCUT2D eigenvalue weighted by atomic mass is 10.1. The lowest BCUT2D eigenvalue weighted by Crippen LogP contribution is -2.29. The summed E-state index contributed by atoms with van der Waals surface area (Å²) >= 11 is 3.40. The number of nitrogens with zero attached hydrogens (tertiary/aromatic N) is 1. The van der Waals surface area contributed by atoms with Gasteiger partial charge < -0.3 is 14.8 Å². The topological polar surface area (TPSA) is 58.6 Å². The molecule has 1 amide bonds. The fourth-order valence-corrected chi connectivity index (χ4v) is 4.57. The van der Waals surface area contributed by atoms with Crippen LogP contribution in [0.4, 0.5) is 4.79 Å². The van der Waals surface area contributed by atoms with Gasteiger partial charge in [-0.2, -0.15) is 0 Å². The zero-order chi connectivity index (χ0) is 21.7. The maximum atomic E-state index is 11.8. The molecule has 7 heteroatoms. The van der Waals surface area contributed by atoms with Gasteiger partial charge in [-0.1, -0.05) is 42.5 Å². The molecular formula is C24H27N2O3S2. The fourth-order valence-electron chi connectivity index (χ4n) is 3.13. The quantitative estimate of drug-likeness (QED) is 0.268. The maximum Gasteiger partial charge on any atom is 0.407 e. The fraction of sp³-hybridized carbons (Fsp3) is 0.292. The Hall–Kier alpha value is -2.48. The normalized spacial score (nSPS) is 11.0. The number of unbranched alkanes of at least 4 members (excludes halogenated alkanes) is 1. The molecular weight excluding hydrogens is 428 g/mol. The average molecular weight is 456 g/mol. The lowest BCUT2D eigenvalue weighted by Gasteiger charge is -2.26. The van der Waals surface area contributed by atoms with Crippen LogP contribution in [0.3, 0.4) is 0 Å². The van der Waals surface area contributed by atoms with Crippen molar-refractivity contribution in [2.45, 2.75) is 39.0 Å². The number of carbonyl (C=O) groups excluding carboxylic acids is 2. The van der Waals surface area contributed by atoms with Crippen LogP contribution in [0.1, 0.15) is 34.6 Å². The van der Waals surface area contributed by atoms with Crippen LogP contribution < -0.4 is 5.32 Å². The van der Waals surface area contributed by atoms with Crippen LogP contribution in [-0.4, -0.2) is 23.8 Å². The molecule has 0 fully saturated rings. The van der Waals surface area contributed by atoms with E-state index in [2.05, 4.69) is 33.1 Å². The van der Waals surface area contributed by atoms with Gasteiger partial charge in [-0.05, 0) is 47.7 Å². The minimum absolute atomic E-state index is 0.260. The highest BCUT2D eigenvalue weighted by Gasteiger charge is 2.20. The third-order valence-corrected chi connectivity index (χ3v) is 6.46. The van der Waals surface area contributed by atoms with E-state index in [1.807, 2.05) is 42.5 Å². The molecule has 1 N–H and O–H groups in total. The van der Waals surface area contributed by atoms with Crippen LogP contribution in [0.15, 0.2) is 65.4 Å². The van der Waals surface area contributed by atoms with E-state index in [0.717, 1.165) is 43.8 Å². The molecule has 0 saturated heterocycles. The molecule has 0 unspecified atom stereocenters. The summed E-state index contributed by atoms with van der Waals surface area (Å²) in [6.45, 7) is 2.24. The summed E-state index contributed by atoms with van der Waals surface area (Å²) in [5, 5.41) is 6.89. The van der Waals surface area contributed by atoms with Crippen molar-refractivity contribution in [2.24, 2.45) is 0 Å². The van der Waals surface area contributed by atoms with Gasteiger partial charge in [-0.15, -0.1) is 22.7 Å². The summed E-state index contributed by atoms with van der Waals surface area (Å²) in [5.41, 5.74) is 0.958. The van der Waals surface area contributed by atoms with Crippen molar-refractivity contribution in [3.8, 4) is 0 Å². The number of hydrogen-bond donors (Lipinski definition) is 1. The van der Waals surface area contributed by atoms with Gasteiger partial charge in [0, 0.05) is 29.4 Å². The first kappa shape index (κ1) is 23.2. The van der Waals surface area contributed by atoms with Crippen LogP contribution in [0, 0.1) is 6.04 Å². The smallest absolute Gasteiger partial charge is 0.407 e. The van der Waals surface area contributed by atoms with E-state index < -0.39 is 6.09 Å². The first-order chi connectivity index (χ1) is 15.2. The minimum Gasteiger partial charge on any atom is -0.445 e. The van der Waals surface area contributed by atoms with Crippen LogP contribution in [0.25, 0.3) is 0 Å². The molecule has 0 aliphatic heterocycles. The highest BCUT2D eigenvalue weighted by atomic mass is 32.1. The van der Waals surface area contributed by atoms with E-state index in [0.29, 0.717) is 13.0 Å². The van der Waals surface area contributed by atoms with Crippen molar-refractivity contribution < 1.29 is 14.3 Å². The Labute approximate surface area is 191 Å². The number of ether oxygens (including phenoxy) is 1. The molecule has 0 aliphatic rings. The van der Waals surface area contributed by atoms with E-state index in [1.54, 1.807) is 22.7 Å². The Morgan fingerprint density at radius 1 is 0.935 bits per heavy atom. The second kappa shape index (κ2) is 13.0. The number of thiophene rings is 2. The number of alkyl carbamates (subject to hydrolysis) is 1. The van der Waals surface area contributed by atoms with Gasteiger partial charge in [0.15, 0.2) is 0 Å². The van der Waals surface area contributed by atoms with Gasteiger partial charge in [-0.25, -0.2) is 4.79 Å². The molecule has 1 aromatic carbocycles. The third kappa shape index (κ3) is 8.28. The highest BCUT2D eigenvalue weighted by Crippen LogP contribution is 2.24. The maximum absolute atomic E-state index is 11.8. The summed E-state index contributed by atoms with van der Waals surface area (Å²) in [5.74, 6) is 0. The Morgan fingerprint density at radius 2 is 1.61 bits per heavy atom. The molecule has 0 aliphatic carbocycles. The Morgan fingerprint density at radius 3 is 2.19 bits per heavy atom. The lowest BCUT2D eigenvalue weighted by molar-refractivity contribution is -0.109. The van der Waals surface area contributed by atoms with Crippen molar-refractivity contribution in [2.75, 3.05) is 6.54 Å². The predicted molar refractivity (Wildman–Crippen MR) is 126 cm³/mol. The van der Waals surface area contributed by atoms with Gasteiger partial charge in [0.05, 0.1) is 0 Å². The molecule has 0 saturated carbocycles. The van der Waals surface area contributed by atoms with E-state index in [-0.39, 0.29) is 6.61 Å². The number of amides is 1. The summed E-state index contributed by atoms with van der Waals surface area (Å²) in [6, 6.07) is 18.7. The van der Waals surface area contributed by atoms with E-state index >= 15 is 0 Å². The number of aldehydes is 1. The molecule has 0 spiro atoms. The van der Waals surface area contributed by atoms with Crippen LogP contribution in [-0.2, 0) is 29.2 Å². The zero-order valence-electron chi connectivity index (χ0n) is 17.4. The molecule has 5 nitrogen and oxygen atoms in total. The van der Waals surface area contributed by atoms with Crippen molar-refractivity contribution in [3.05, 3.63) is 86.7 Å². The van der Waals surface area contributed by atoms with E-state index in [9.17, 15) is 9.59 Å². The standard InChI is InChI=1S/C24H27N2O3S2/c27-18-21(26(16-22-11-6-14-30-22)17-23-12-7-15-31-23)10-4-5-13-25-24(28)29-19-20-8-2-1-3-9-20/h1-3,6-9,11-12,14-15,18H,4-5,10,13,16-17,19H2,(H,25,28). The van der Waals surface area contributed by atoms with Crippen LogP contribution in [0.2, 0.25) is 0 Å². The number of hydrogen-bond acceptors (Lipinski definition) is 6. The van der Waals surface area contributed by atoms with E-state index in [4.69, 9.17) is 4.74 Å². The number of benzene rings is 1. The SMILES string of the molecule is O=C[C](CCCCNC(=O)OCc1ccccc1)N(Cc1cccs1)Cc1cccs1. The number of nitrogens with one attached hydrogen (secondary N) is 1. The molecule has 0 atom stereocenters. The van der Waals surface area contributed by atoms with Gasteiger partial charge >= 0.3 is 6.09 Å². The highest BCUT2D eigenvalue weighted by molar-refractivity contribution is 7.10. The predicted octanol–water partition coefficient (Wildman–Crippen LogP) is 5.64. The molecule has 0 bridgehead atoms. The molecule has 2 aromatic heterocycles. The van der Waals surface area contributed by atoms with Crippen molar-refractivity contribution in [1.82, 2.24) is 10.2 Å². The van der Waals surface area contributed by atoms with Crippen LogP contribution in [0.5, 0.6) is 0 Å². The van der Waals surface area contributed by atoms with Crippen molar-refractivity contribution in [1.29, 1.82) is 0 Å².